The second kappa shape index (κ2) is 5.05. The molecule has 2 rings (SSSR count). The molecule has 2 nitrogen and oxygen atoms in total. The molecule has 0 atom stereocenters. The molecule has 0 bridgehead atoms. The number of aliphatic hydroxyl groups excluding tert-OH is 1. The molecule has 2 aliphatic rings. The van der Waals surface area contributed by atoms with Crippen molar-refractivity contribution in [1.82, 2.24) is 5.32 Å². The Hall–Kier alpha value is -0.0800. The lowest BCUT2D eigenvalue weighted by atomic mass is 9.74. The van der Waals surface area contributed by atoms with Crippen molar-refractivity contribution in [2.24, 2.45) is 10.8 Å². The fourth-order valence-electron chi connectivity index (χ4n) is 3.12. The standard InChI is InChI=1S/C14H27NO/c1-2-13(8-9-13)10-15-11-14(12-16)6-4-3-5-7-14/h15-16H,2-12H2,1H3. The maximum absolute atomic E-state index is 9.60. The fraction of sp³-hybridized carbons (Fsp3) is 1.00. The summed E-state index contributed by atoms with van der Waals surface area (Å²) in [5.74, 6) is 0. The lowest BCUT2D eigenvalue weighted by Crippen LogP contribution is -2.40. The van der Waals surface area contributed by atoms with Gasteiger partial charge < -0.3 is 10.4 Å². The molecule has 0 spiro atoms. The molecular weight excluding hydrogens is 198 g/mol. The number of hydrogen-bond acceptors (Lipinski definition) is 2. The first-order valence-electron chi connectivity index (χ1n) is 7.06. The van der Waals surface area contributed by atoms with E-state index in [1.165, 1.54) is 57.9 Å². The van der Waals surface area contributed by atoms with Gasteiger partial charge >= 0.3 is 0 Å². The Labute approximate surface area is 99.8 Å². The van der Waals surface area contributed by atoms with Crippen LogP contribution in [0.3, 0.4) is 0 Å². The maximum Gasteiger partial charge on any atom is 0.0499 e. The topological polar surface area (TPSA) is 32.3 Å². The van der Waals surface area contributed by atoms with E-state index in [0.717, 1.165) is 6.54 Å². The summed E-state index contributed by atoms with van der Waals surface area (Å²) in [5.41, 5.74) is 0.841. The highest BCUT2D eigenvalue weighted by Crippen LogP contribution is 2.48. The van der Waals surface area contributed by atoms with E-state index >= 15 is 0 Å². The van der Waals surface area contributed by atoms with Crippen LogP contribution < -0.4 is 5.32 Å². The van der Waals surface area contributed by atoms with Crippen LogP contribution in [0.2, 0.25) is 0 Å². The molecule has 2 fully saturated rings. The average molecular weight is 225 g/mol. The van der Waals surface area contributed by atoms with Crippen LogP contribution in [0, 0.1) is 10.8 Å². The van der Waals surface area contributed by atoms with Crippen molar-refractivity contribution < 1.29 is 5.11 Å². The first-order valence-corrected chi connectivity index (χ1v) is 7.06. The summed E-state index contributed by atoms with van der Waals surface area (Å²) >= 11 is 0. The molecule has 0 unspecified atom stereocenters. The summed E-state index contributed by atoms with van der Waals surface area (Å²) in [6, 6.07) is 0. The number of hydrogen-bond donors (Lipinski definition) is 2. The molecule has 0 saturated heterocycles. The van der Waals surface area contributed by atoms with Crippen LogP contribution in [-0.4, -0.2) is 24.8 Å². The molecule has 0 aromatic heterocycles. The summed E-state index contributed by atoms with van der Waals surface area (Å²) in [7, 11) is 0. The zero-order chi connectivity index (χ0) is 11.5. The highest BCUT2D eigenvalue weighted by Gasteiger charge is 2.40. The second-order valence-electron chi connectivity index (χ2n) is 6.18. The van der Waals surface area contributed by atoms with Crippen LogP contribution in [-0.2, 0) is 0 Å². The highest BCUT2D eigenvalue weighted by molar-refractivity contribution is 4.94. The van der Waals surface area contributed by atoms with Gasteiger partial charge in [0.25, 0.3) is 0 Å². The Morgan fingerprint density at radius 3 is 2.06 bits per heavy atom. The van der Waals surface area contributed by atoms with Gasteiger partial charge in [-0.05, 0) is 37.5 Å². The zero-order valence-electron chi connectivity index (χ0n) is 10.7. The molecule has 0 aliphatic heterocycles. The van der Waals surface area contributed by atoms with Crippen LogP contribution in [0.25, 0.3) is 0 Å². The minimum Gasteiger partial charge on any atom is -0.396 e. The van der Waals surface area contributed by atoms with Gasteiger partial charge in [-0.1, -0.05) is 26.2 Å². The first kappa shape index (κ1) is 12.4. The van der Waals surface area contributed by atoms with Gasteiger partial charge in [0.1, 0.15) is 0 Å². The Bertz CT molecular complexity index is 217. The van der Waals surface area contributed by atoms with Gasteiger partial charge in [-0.2, -0.15) is 0 Å². The SMILES string of the molecule is CCC1(CNCC2(CO)CCCCC2)CC1. The molecule has 2 aliphatic carbocycles. The molecule has 2 N–H and O–H groups in total. The van der Waals surface area contributed by atoms with Crippen molar-refractivity contribution in [3.63, 3.8) is 0 Å². The van der Waals surface area contributed by atoms with Crippen molar-refractivity contribution >= 4 is 0 Å². The predicted molar refractivity (Wildman–Crippen MR) is 67.4 cm³/mol. The summed E-state index contributed by atoms with van der Waals surface area (Å²) in [6.07, 6.45) is 10.5. The van der Waals surface area contributed by atoms with E-state index in [9.17, 15) is 5.11 Å². The van der Waals surface area contributed by atoms with E-state index in [1.807, 2.05) is 0 Å². The van der Waals surface area contributed by atoms with Crippen LogP contribution in [0.1, 0.15) is 58.3 Å². The molecule has 0 aromatic rings. The van der Waals surface area contributed by atoms with Gasteiger partial charge in [0.15, 0.2) is 0 Å². The van der Waals surface area contributed by atoms with Crippen LogP contribution in [0.15, 0.2) is 0 Å². The predicted octanol–water partition coefficient (Wildman–Crippen LogP) is 2.71. The number of aliphatic hydroxyl groups is 1. The van der Waals surface area contributed by atoms with Gasteiger partial charge in [-0.25, -0.2) is 0 Å². The Morgan fingerprint density at radius 2 is 1.56 bits per heavy atom. The number of nitrogens with one attached hydrogen (secondary N) is 1. The molecule has 16 heavy (non-hydrogen) atoms. The van der Waals surface area contributed by atoms with E-state index < -0.39 is 0 Å². The van der Waals surface area contributed by atoms with E-state index in [0.29, 0.717) is 12.0 Å². The number of rotatable bonds is 6. The Balaban J connectivity index is 1.74. The monoisotopic (exact) mass is 225 g/mol. The summed E-state index contributed by atoms with van der Waals surface area (Å²) in [6.45, 7) is 4.88. The van der Waals surface area contributed by atoms with Crippen LogP contribution >= 0.6 is 0 Å². The van der Waals surface area contributed by atoms with Crippen molar-refractivity contribution in [2.75, 3.05) is 19.7 Å². The molecule has 2 saturated carbocycles. The van der Waals surface area contributed by atoms with Crippen molar-refractivity contribution in [3.05, 3.63) is 0 Å². The van der Waals surface area contributed by atoms with Gasteiger partial charge in [-0.3, -0.25) is 0 Å². The highest BCUT2D eigenvalue weighted by atomic mass is 16.3. The van der Waals surface area contributed by atoms with E-state index in [1.54, 1.807) is 0 Å². The summed E-state index contributed by atoms with van der Waals surface area (Å²) < 4.78 is 0. The second-order valence-corrected chi connectivity index (χ2v) is 6.18. The van der Waals surface area contributed by atoms with Gasteiger partial charge in [0.2, 0.25) is 0 Å². The largest absolute Gasteiger partial charge is 0.396 e. The van der Waals surface area contributed by atoms with Crippen molar-refractivity contribution in [2.45, 2.75) is 58.3 Å². The van der Waals surface area contributed by atoms with E-state index in [4.69, 9.17) is 0 Å². The zero-order valence-corrected chi connectivity index (χ0v) is 10.7. The minimum atomic E-state index is 0.210. The minimum absolute atomic E-state index is 0.210. The molecule has 0 radical (unpaired) electrons. The van der Waals surface area contributed by atoms with Gasteiger partial charge in [0, 0.05) is 25.1 Å². The third-order valence-corrected chi connectivity index (χ3v) is 4.96. The smallest absolute Gasteiger partial charge is 0.0499 e. The molecule has 94 valence electrons. The van der Waals surface area contributed by atoms with Gasteiger partial charge in [-0.15, -0.1) is 0 Å². The third kappa shape index (κ3) is 2.78. The lowest BCUT2D eigenvalue weighted by Gasteiger charge is -2.36. The van der Waals surface area contributed by atoms with Crippen molar-refractivity contribution in [1.29, 1.82) is 0 Å². The third-order valence-electron chi connectivity index (χ3n) is 4.96. The maximum atomic E-state index is 9.60. The summed E-state index contributed by atoms with van der Waals surface area (Å²) in [5, 5.41) is 13.2. The first-order chi connectivity index (χ1) is 7.74. The molecule has 0 aromatic carbocycles. The van der Waals surface area contributed by atoms with Crippen LogP contribution in [0.4, 0.5) is 0 Å². The van der Waals surface area contributed by atoms with E-state index in [2.05, 4.69) is 12.2 Å². The van der Waals surface area contributed by atoms with Crippen LogP contribution in [0.5, 0.6) is 0 Å². The van der Waals surface area contributed by atoms with E-state index in [-0.39, 0.29) is 5.41 Å². The lowest BCUT2D eigenvalue weighted by molar-refractivity contribution is 0.0799. The van der Waals surface area contributed by atoms with Crippen molar-refractivity contribution in [3.8, 4) is 0 Å². The summed E-state index contributed by atoms with van der Waals surface area (Å²) in [4.78, 5) is 0. The molecule has 2 heteroatoms. The Kier molecular flexibility index (Phi) is 3.91. The Morgan fingerprint density at radius 1 is 0.938 bits per heavy atom. The molecule has 0 amide bonds. The quantitative estimate of drug-likeness (QED) is 0.728. The fourth-order valence-corrected chi connectivity index (χ4v) is 3.12. The average Bonchev–Trinajstić information content (AvgIpc) is 3.11. The molecular formula is C14H27NO. The molecule has 0 heterocycles. The normalized spacial score (nSPS) is 26.6. The van der Waals surface area contributed by atoms with Gasteiger partial charge in [0.05, 0.1) is 0 Å².